The average molecular weight is 284 g/mol. The molecule has 0 spiro atoms. The van der Waals surface area contributed by atoms with E-state index in [1.54, 1.807) is 12.4 Å². The number of likely N-dealkylation sites (N-methyl/N-ethyl adjacent to an activating group) is 1. The second-order valence-electron chi connectivity index (χ2n) is 4.90. The van der Waals surface area contributed by atoms with Gasteiger partial charge < -0.3 is 15.2 Å². The Labute approximate surface area is 109 Å². The minimum Gasteiger partial charge on any atom is -0.388 e. The standard InChI is InChI=1S/C11H19F3N2O3/c1-16(6-9(17)15-7-11(12,13)14)8-10(18)2-4-19-5-3-10/h18H,2-8H2,1H3,(H,15,17). The number of carbonyl (C=O) groups is 1. The van der Waals surface area contributed by atoms with Gasteiger partial charge >= 0.3 is 6.18 Å². The molecule has 2 N–H and O–H groups in total. The van der Waals surface area contributed by atoms with E-state index in [0.717, 1.165) is 0 Å². The highest BCUT2D eigenvalue weighted by molar-refractivity contribution is 5.78. The highest BCUT2D eigenvalue weighted by atomic mass is 19.4. The zero-order valence-electron chi connectivity index (χ0n) is 10.8. The van der Waals surface area contributed by atoms with Gasteiger partial charge in [-0.25, -0.2) is 0 Å². The number of halogens is 3. The lowest BCUT2D eigenvalue weighted by Gasteiger charge is -2.35. The summed E-state index contributed by atoms with van der Waals surface area (Å²) >= 11 is 0. The van der Waals surface area contributed by atoms with Gasteiger partial charge in [-0.05, 0) is 7.05 Å². The molecule has 0 aromatic heterocycles. The van der Waals surface area contributed by atoms with Crippen molar-refractivity contribution in [2.45, 2.75) is 24.6 Å². The summed E-state index contributed by atoms with van der Waals surface area (Å²) in [5.74, 6) is -0.713. The summed E-state index contributed by atoms with van der Waals surface area (Å²) in [4.78, 5) is 12.8. The number of hydrogen-bond donors (Lipinski definition) is 2. The number of ether oxygens (including phenoxy) is 1. The van der Waals surface area contributed by atoms with Crippen LogP contribution in [0.5, 0.6) is 0 Å². The Kier molecular flexibility index (Phi) is 5.57. The van der Waals surface area contributed by atoms with Crippen LogP contribution in [0, 0.1) is 0 Å². The molecule has 5 nitrogen and oxygen atoms in total. The van der Waals surface area contributed by atoms with Crippen LogP contribution in [-0.4, -0.2) is 67.6 Å². The molecule has 1 saturated heterocycles. The van der Waals surface area contributed by atoms with Crippen molar-refractivity contribution in [1.82, 2.24) is 10.2 Å². The summed E-state index contributed by atoms with van der Waals surface area (Å²) < 4.78 is 40.8. The van der Waals surface area contributed by atoms with Gasteiger partial charge in [-0.1, -0.05) is 0 Å². The molecule has 0 bridgehead atoms. The first-order valence-corrected chi connectivity index (χ1v) is 6.02. The summed E-state index contributed by atoms with van der Waals surface area (Å²) in [5.41, 5.74) is -0.933. The van der Waals surface area contributed by atoms with Crippen molar-refractivity contribution in [1.29, 1.82) is 0 Å². The van der Waals surface area contributed by atoms with E-state index in [1.165, 1.54) is 4.90 Å². The van der Waals surface area contributed by atoms with Crippen molar-refractivity contribution in [2.75, 3.05) is 39.9 Å². The lowest BCUT2D eigenvalue weighted by molar-refractivity contribution is -0.139. The average Bonchev–Trinajstić information content (AvgIpc) is 2.25. The van der Waals surface area contributed by atoms with Crippen molar-refractivity contribution >= 4 is 5.91 Å². The predicted octanol–water partition coefficient (Wildman–Crippen LogP) is 0.138. The van der Waals surface area contributed by atoms with Crippen molar-refractivity contribution in [2.24, 2.45) is 0 Å². The van der Waals surface area contributed by atoms with Gasteiger partial charge in [0.25, 0.3) is 0 Å². The third kappa shape index (κ3) is 6.74. The minimum atomic E-state index is -4.41. The van der Waals surface area contributed by atoms with Crippen LogP contribution in [0.1, 0.15) is 12.8 Å². The molecular weight excluding hydrogens is 265 g/mol. The fourth-order valence-electron chi connectivity index (χ4n) is 1.97. The number of hydrogen-bond acceptors (Lipinski definition) is 4. The third-order valence-corrected chi connectivity index (χ3v) is 2.89. The molecule has 112 valence electrons. The largest absolute Gasteiger partial charge is 0.405 e. The van der Waals surface area contributed by atoms with Crippen molar-refractivity contribution in [3.63, 3.8) is 0 Å². The second-order valence-corrected chi connectivity index (χ2v) is 4.90. The fraction of sp³-hybridized carbons (Fsp3) is 0.909. The molecule has 1 amide bonds. The molecule has 0 radical (unpaired) electrons. The molecule has 0 aromatic carbocycles. The molecule has 1 rings (SSSR count). The summed E-state index contributed by atoms with van der Waals surface area (Å²) in [5, 5.41) is 12.0. The lowest BCUT2D eigenvalue weighted by atomic mass is 9.94. The Morgan fingerprint density at radius 1 is 1.42 bits per heavy atom. The van der Waals surface area contributed by atoms with Gasteiger partial charge in [0.1, 0.15) is 6.54 Å². The third-order valence-electron chi connectivity index (χ3n) is 2.89. The molecule has 1 aliphatic rings. The predicted molar refractivity (Wildman–Crippen MR) is 61.6 cm³/mol. The first-order valence-electron chi connectivity index (χ1n) is 6.02. The van der Waals surface area contributed by atoms with Crippen LogP contribution in [0.4, 0.5) is 13.2 Å². The Hall–Kier alpha value is -0.860. The van der Waals surface area contributed by atoms with Crippen LogP contribution >= 0.6 is 0 Å². The van der Waals surface area contributed by atoms with E-state index in [2.05, 4.69) is 0 Å². The second kappa shape index (κ2) is 6.53. The molecule has 0 aliphatic carbocycles. The molecule has 0 aromatic rings. The molecule has 8 heteroatoms. The van der Waals surface area contributed by atoms with Crippen LogP contribution in [0.2, 0.25) is 0 Å². The number of nitrogens with zero attached hydrogens (tertiary/aromatic N) is 1. The maximum Gasteiger partial charge on any atom is 0.405 e. The highest BCUT2D eigenvalue weighted by Gasteiger charge is 2.32. The molecule has 19 heavy (non-hydrogen) atoms. The lowest BCUT2D eigenvalue weighted by Crippen LogP contribution is -2.48. The minimum absolute atomic E-state index is 0.181. The number of aliphatic hydroxyl groups is 1. The number of alkyl halides is 3. The van der Waals surface area contributed by atoms with Crippen molar-refractivity contribution < 1.29 is 27.8 Å². The van der Waals surface area contributed by atoms with Gasteiger partial charge in [0.2, 0.25) is 5.91 Å². The van der Waals surface area contributed by atoms with E-state index in [4.69, 9.17) is 4.74 Å². The maximum absolute atomic E-state index is 11.9. The van der Waals surface area contributed by atoms with Crippen LogP contribution < -0.4 is 5.32 Å². The van der Waals surface area contributed by atoms with Crippen LogP contribution in [0.15, 0.2) is 0 Å². The topological polar surface area (TPSA) is 61.8 Å². The molecule has 1 heterocycles. The number of amides is 1. The first kappa shape index (κ1) is 16.2. The van der Waals surface area contributed by atoms with Gasteiger partial charge in [-0.15, -0.1) is 0 Å². The van der Waals surface area contributed by atoms with E-state index in [-0.39, 0.29) is 13.1 Å². The smallest absolute Gasteiger partial charge is 0.388 e. The van der Waals surface area contributed by atoms with Crippen LogP contribution in [0.25, 0.3) is 0 Å². The van der Waals surface area contributed by atoms with Gasteiger partial charge in [-0.3, -0.25) is 9.69 Å². The van der Waals surface area contributed by atoms with Gasteiger partial charge in [0.05, 0.1) is 12.1 Å². The van der Waals surface area contributed by atoms with E-state index < -0.39 is 24.2 Å². The summed E-state index contributed by atoms with van der Waals surface area (Å²) in [6.45, 7) is -0.387. The van der Waals surface area contributed by atoms with E-state index >= 15 is 0 Å². The zero-order valence-corrected chi connectivity index (χ0v) is 10.8. The van der Waals surface area contributed by atoms with Crippen molar-refractivity contribution in [3.8, 4) is 0 Å². The molecule has 0 saturated carbocycles. The zero-order chi connectivity index (χ0) is 14.5. The quantitative estimate of drug-likeness (QED) is 0.754. The maximum atomic E-state index is 11.9. The van der Waals surface area contributed by atoms with Crippen LogP contribution in [0.3, 0.4) is 0 Å². The summed E-state index contributed by atoms with van der Waals surface area (Å²) in [6.07, 6.45) is -3.49. The van der Waals surface area contributed by atoms with Gasteiger partial charge in [0.15, 0.2) is 0 Å². The SMILES string of the molecule is CN(CC(=O)NCC(F)(F)F)CC1(O)CCOCC1. The van der Waals surface area contributed by atoms with Crippen molar-refractivity contribution in [3.05, 3.63) is 0 Å². The Balaban J connectivity index is 2.30. The molecular formula is C11H19F3N2O3. The number of nitrogens with one attached hydrogen (secondary N) is 1. The molecule has 0 atom stereocenters. The number of carbonyl (C=O) groups excluding carboxylic acids is 1. The van der Waals surface area contributed by atoms with Gasteiger partial charge in [0, 0.05) is 32.6 Å². The Bertz CT molecular complexity index is 304. The monoisotopic (exact) mass is 284 g/mol. The van der Waals surface area contributed by atoms with E-state index in [1.807, 2.05) is 0 Å². The summed E-state index contributed by atoms with van der Waals surface area (Å²) in [6, 6.07) is 0. The molecule has 1 aliphatic heterocycles. The van der Waals surface area contributed by atoms with E-state index in [0.29, 0.717) is 26.1 Å². The molecule has 0 unspecified atom stereocenters. The normalized spacial score (nSPS) is 19.5. The highest BCUT2D eigenvalue weighted by Crippen LogP contribution is 2.21. The van der Waals surface area contributed by atoms with Gasteiger partial charge in [-0.2, -0.15) is 13.2 Å². The summed E-state index contributed by atoms with van der Waals surface area (Å²) in [7, 11) is 1.58. The number of rotatable bonds is 5. The molecule has 1 fully saturated rings. The Morgan fingerprint density at radius 3 is 2.53 bits per heavy atom. The van der Waals surface area contributed by atoms with Crippen LogP contribution in [-0.2, 0) is 9.53 Å². The van der Waals surface area contributed by atoms with E-state index in [9.17, 15) is 23.1 Å². The first-order chi connectivity index (χ1) is 8.70. The Morgan fingerprint density at radius 2 is 2.00 bits per heavy atom. The fourth-order valence-corrected chi connectivity index (χ4v) is 1.97.